The Bertz CT molecular complexity index is 800. The van der Waals surface area contributed by atoms with Crippen LogP contribution in [0.2, 0.25) is 0 Å². The summed E-state index contributed by atoms with van der Waals surface area (Å²) in [7, 11) is 0. The van der Waals surface area contributed by atoms with Gasteiger partial charge in [0.05, 0.1) is 0 Å². The minimum atomic E-state index is 0.434. The molecule has 3 aromatic rings. The van der Waals surface area contributed by atoms with E-state index in [0.29, 0.717) is 4.99 Å². The summed E-state index contributed by atoms with van der Waals surface area (Å²) >= 11 is 5.20. The van der Waals surface area contributed by atoms with E-state index < -0.39 is 0 Å². The summed E-state index contributed by atoms with van der Waals surface area (Å²) in [6, 6.07) is 27.1. The first-order valence-electron chi connectivity index (χ1n) is 9.12. The van der Waals surface area contributed by atoms with Gasteiger partial charge in [0.2, 0.25) is 0 Å². The van der Waals surface area contributed by atoms with E-state index in [1.165, 1.54) is 22.3 Å². The topological polar surface area (TPSA) is 50.1 Å². The lowest BCUT2D eigenvalue weighted by molar-refractivity contribution is 0.681. The van der Waals surface area contributed by atoms with Crippen LogP contribution in [-0.4, -0.2) is 4.99 Å². The smallest absolute Gasteiger partial charge is 0.104 e. The van der Waals surface area contributed by atoms with Crippen molar-refractivity contribution >= 4 is 17.2 Å². The highest BCUT2D eigenvalue weighted by atomic mass is 32.1. The van der Waals surface area contributed by atoms with E-state index in [2.05, 4.69) is 77.4 Å². The lowest BCUT2D eigenvalue weighted by atomic mass is 10.0. The maximum absolute atomic E-state index is 5.88. The maximum Gasteiger partial charge on any atom is 0.104 e. The highest BCUT2D eigenvalue weighted by Crippen LogP contribution is 2.12. The molecule has 0 saturated carbocycles. The number of benzene rings is 3. The third-order valence-corrected chi connectivity index (χ3v) is 4.57. The summed E-state index contributed by atoms with van der Waals surface area (Å²) in [5.41, 5.74) is 11.7. The molecule has 3 rings (SSSR count). The van der Waals surface area contributed by atoms with Gasteiger partial charge in [-0.05, 0) is 34.4 Å². The summed E-state index contributed by atoms with van der Waals surface area (Å²) in [6.07, 6.45) is 0. The largest absolute Gasteiger partial charge is 0.389 e. The zero-order valence-electron chi connectivity index (χ0n) is 15.3. The molecule has 138 valence electrons. The molecule has 0 amide bonds. The first-order valence-corrected chi connectivity index (χ1v) is 9.53. The number of nitrogens with two attached hydrogens (primary N) is 1. The van der Waals surface area contributed by atoms with E-state index >= 15 is 0 Å². The van der Waals surface area contributed by atoms with E-state index in [-0.39, 0.29) is 0 Å². The van der Waals surface area contributed by atoms with Gasteiger partial charge in [0.1, 0.15) is 4.99 Å². The third-order valence-electron chi connectivity index (χ3n) is 4.34. The van der Waals surface area contributed by atoms with Gasteiger partial charge in [-0.25, -0.2) is 0 Å². The van der Waals surface area contributed by atoms with Crippen molar-refractivity contribution in [3.8, 4) is 0 Å². The molecular formula is C23H25N3S. The number of nitrogens with one attached hydrogen (secondary N) is 2. The summed E-state index contributed by atoms with van der Waals surface area (Å²) in [5, 5.41) is 6.98. The molecule has 4 heteroatoms. The standard InChI is InChI=1S/C23H25N3S/c24-23(27)22-12-20(16-25-14-18-7-3-1-4-8-18)11-21(13-22)17-26-15-19-9-5-2-6-10-19/h1-13,25-26H,14-17H2,(H2,24,27). The minimum Gasteiger partial charge on any atom is -0.389 e. The molecule has 0 bridgehead atoms. The van der Waals surface area contributed by atoms with Crippen LogP contribution in [0.1, 0.15) is 27.8 Å². The second-order valence-electron chi connectivity index (χ2n) is 6.58. The summed E-state index contributed by atoms with van der Waals surface area (Å²) < 4.78 is 0. The normalized spacial score (nSPS) is 10.7. The fourth-order valence-electron chi connectivity index (χ4n) is 3.00. The van der Waals surface area contributed by atoms with E-state index in [9.17, 15) is 0 Å². The van der Waals surface area contributed by atoms with Crippen LogP contribution in [0.3, 0.4) is 0 Å². The van der Waals surface area contributed by atoms with Crippen molar-refractivity contribution in [3.63, 3.8) is 0 Å². The van der Waals surface area contributed by atoms with Gasteiger partial charge in [-0.2, -0.15) is 0 Å². The van der Waals surface area contributed by atoms with E-state index in [0.717, 1.165) is 31.7 Å². The molecular weight excluding hydrogens is 350 g/mol. The molecule has 0 aliphatic carbocycles. The Kier molecular flexibility index (Phi) is 7.11. The Hall–Kier alpha value is -2.53. The van der Waals surface area contributed by atoms with Gasteiger partial charge in [-0.15, -0.1) is 0 Å². The summed E-state index contributed by atoms with van der Waals surface area (Å²) in [6.45, 7) is 3.22. The Morgan fingerprint density at radius 2 is 1.04 bits per heavy atom. The van der Waals surface area contributed by atoms with Crippen LogP contribution in [0.4, 0.5) is 0 Å². The van der Waals surface area contributed by atoms with Crippen molar-refractivity contribution in [1.29, 1.82) is 0 Å². The first-order chi connectivity index (χ1) is 13.2. The van der Waals surface area contributed by atoms with Crippen LogP contribution in [0.5, 0.6) is 0 Å². The molecule has 3 aromatic carbocycles. The van der Waals surface area contributed by atoms with Crippen LogP contribution in [0.15, 0.2) is 78.9 Å². The van der Waals surface area contributed by atoms with Crippen LogP contribution in [0, 0.1) is 0 Å². The average molecular weight is 376 g/mol. The van der Waals surface area contributed by atoms with Gasteiger partial charge in [0.25, 0.3) is 0 Å². The number of rotatable bonds is 9. The second kappa shape index (κ2) is 9.97. The van der Waals surface area contributed by atoms with Gasteiger partial charge < -0.3 is 16.4 Å². The van der Waals surface area contributed by atoms with Crippen molar-refractivity contribution in [1.82, 2.24) is 10.6 Å². The fourth-order valence-corrected chi connectivity index (χ4v) is 3.12. The monoisotopic (exact) mass is 375 g/mol. The van der Waals surface area contributed by atoms with Crippen LogP contribution in [-0.2, 0) is 26.2 Å². The lowest BCUT2D eigenvalue weighted by Gasteiger charge is -2.11. The Morgan fingerprint density at radius 1 is 0.630 bits per heavy atom. The molecule has 3 nitrogen and oxygen atoms in total. The molecule has 0 fully saturated rings. The quantitative estimate of drug-likeness (QED) is 0.497. The zero-order chi connectivity index (χ0) is 18.9. The Morgan fingerprint density at radius 3 is 1.44 bits per heavy atom. The SMILES string of the molecule is NC(=S)c1cc(CNCc2ccccc2)cc(CNCc2ccccc2)c1. The Labute approximate surface area is 166 Å². The molecule has 0 spiro atoms. The predicted molar refractivity (Wildman–Crippen MR) is 116 cm³/mol. The van der Waals surface area contributed by atoms with Crippen molar-refractivity contribution < 1.29 is 0 Å². The summed E-state index contributed by atoms with van der Waals surface area (Å²) in [4.78, 5) is 0.434. The molecule has 4 N–H and O–H groups in total. The van der Waals surface area contributed by atoms with Crippen molar-refractivity contribution in [3.05, 3.63) is 107 Å². The molecule has 0 saturated heterocycles. The van der Waals surface area contributed by atoms with E-state index in [1.807, 2.05) is 12.1 Å². The number of thiocarbonyl (C=S) groups is 1. The molecule has 27 heavy (non-hydrogen) atoms. The Balaban J connectivity index is 1.60. The molecule has 0 radical (unpaired) electrons. The van der Waals surface area contributed by atoms with Crippen LogP contribution in [0.25, 0.3) is 0 Å². The van der Waals surface area contributed by atoms with Crippen LogP contribution < -0.4 is 16.4 Å². The highest BCUT2D eigenvalue weighted by molar-refractivity contribution is 7.80. The third kappa shape index (κ3) is 6.29. The molecule has 0 aromatic heterocycles. The highest BCUT2D eigenvalue weighted by Gasteiger charge is 2.04. The average Bonchev–Trinajstić information content (AvgIpc) is 2.69. The van der Waals surface area contributed by atoms with E-state index in [1.54, 1.807) is 0 Å². The molecule has 0 aliphatic heterocycles. The molecule has 0 unspecified atom stereocenters. The minimum absolute atomic E-state index is 0.434. The number of hydrogen-bond donors (Lipinski definition) is 3. The lowest BCUT2D eigenvalue weighted by Crippen LogP contribution is -2.17. The van der Waals surface area contributed by atoms with Crippen molar-refractivity contribution in [2.45, 2.75) is 26.2 Å². The van der Waals surface area contributed by atoms with Gasteiger partial charge >= 0.3 is 0 Å². The molecule has 0 atom stereocenters. The fraction of sp³-hybridized carbons (Fsp3) is 0.174. The van der Waals surface area contributed by atoms with Crippen LogP contribution >= 0.6 is 12.2 Å². The van der Waals surface area contributed by atoms with Gasteiger partial charge in [-0.3, -0.25) is 0 Å². The molecule has 0 heterocycles. The maximum atomic E-state index is 5.88. The number of hydrogen-bond acceptors (Lipinski definition) is 3. The van der Waals surface area contributed by atoms with Crippen molar-refractivity contribution in [2.75, 3.05) is 0 Å². The first kappa shape index (κ1) is 19.2. The van der Waals surface area contributed by atoms with Crippen molar-refractivity contribution in [2.24, 2.45) is 5.73 Å². The van der Waals surface area contributed by atoms with E-state index in [4.69, 9.17) is 18.0 Å². The van der Waals surface area contributed by atoms with Gasteiger partial charge in [-0.1, -0.05) is 78.9 Å². The molecule has 0 aliphatic rings. The summed E-state index contributed by atoms with van der Waals surface area (Å²) in [5.74, 6) is 0. The van der Waals surface area contributed by atoms with Gasteiger partial charge in [0, 0.05) is 31.7 Å². The second-order valence-corrected chi connectivity index (χ2v) is 7.02. The zero-order valence-corrected chi connectivity index (χ0v) is 16.1. The van der Waals surface area contributed by atoms with Gasteiger partial charge in [0.15, 0.2) is 0 Å². The predicted octanol–water partition coefficient (Wildman–Crippen LogP) is 3.90.